The third-order valence-corrected chi connectivity index (χ3v) is 3.01. The van der Waals surface area contributed by atoms with Gasteiger partial charge in [-0.1, -0.05) is 12.1 Å². The molecule has 0 fully saturated rings. The predicted molar refractivity (Wildman–Crippen MR) is 79.7 cm³/mol. The van der Waals surface area contributed by atoms with Gasteiger partial charge < -0.3 is 5.11 Å². The van der Waals surface area contributed by atoms with E-state index in [2.05, 4.69) is 10.2 Å². The SMILES string of the molecule is CC(C)(C)N(C(=O)O)c1ccc(-c2cc(C=O)[nH]n2)cc1. The van der Waals surface area contributed by atoms with Crippen molar-refractivity contribution in [2.45, 2.75) is 26.3 Å². The van der Waals surface area contributed by atoms with E-state index in [4.69, 9.17) is 0 Å². The molecule has 1 aromatic carbocycles. The summed E-state index contributed by atoms with van der Waals surface area (Å²) in [5.74, 6) is 0. The van der Waals surface area contributed by atoms with Crippen LogP contribution in [-0.2, 0) is 0 Å². The molecule has 0 aliphatic rings. The Balaban J connectivity index is 2.33. The molecule has 0 unspecified atom stereocenters. The molecule has 0 saturated carbocycles. The summed E-state index contributed by atoms with van der Waals surface area (Å²) in [5.41, 5.74) is 1.90. The van der Waals surface area contributed by atoms with Crippen molar-refractivity contribution < 1.29 is 14.7 Å². The van der Waals surface area contributed by atoms with Crippen LogP contribution in [0.3, 0.4) is 0 Å². The Bertz CT molecular complexity index is 654. The van der Waals surface area contributed by atoms with E-state index >= 15 is 0 Å². The number of hydrogen-bond donors (Lipinski definition) is 2. The highest BCUT2D eigenvalue weighted by atomic mass is 16.4. The average molecular weight is 287 g/mol. The molecule has 2 aromatic rings. The number of nitrogens with one attached hydrogen (secondary N) is 1. The van der Waals surface area contributed by atoms with E-state index in [1.165, 1.54) is 4.90 Å². The van der Waals surface area contributed by atoms with Crippen molar-refractivity contribution in [2.24, 2.45) is 0 Å². The lowest BCUT2D eigenvalue weighted by Gasteiger charge is -2.33. The molecule has 2 rings (SSSR count). The fourth-order valence-corrected chi connectivity index (χ4v) is 2.11. The van der Waals surface area contributed by atoms with E-state index in [9.17, 15) is 14.7 Å². The van der Waals surface area contributed by atoms with Crippen LogP contribution in [0.4, 0.5) is 10.5 Å². The molecule has 1 heterocycles. The van der Waals surface area contributed by atoms with Crippen LogP contribution in [-0.4, -0.2) is 33.2 Å². The number of H-pyrrole nitrogens is 1. The predicted octanol–water partition coefficient (Wildman–Crippen LogP) is 3.17. The van der Waals surface area contributed by atoms with Gasteiger partial charge in [0.15, 0.2) is 6.29 Å². The summed E-state index contributed by atoms with van der Waals surface area (Å²) in [6, 6.07) is 8.65. The second kappa shape index (κ2) is 5.40. The van der Waals surface area contributed by atoms with Gasteiger partial charge in [0.25, 0.3) is 0 Å². The number of aromatic amines is 1. The van der Waals surface area contributed by atoms with Gasteiger partial charge in [0.2, 0.25) is 0 Å². The molecule has 6 nitrogen and oxygen atoms in total. The maximum atomic E-state index is 11.4. The zero-order valence-corrected chi connectivity index (χ0v) is 12.1. The number of rotatable bonds is 3. The number of amides is 1. The molecule has 0 radical (unpaired) electrons. The molecule has 6 heteroatoms. The van der Waals surface area contributed by atoms with Crippen molar-refractivity contribution in [1.82, 2.24) is 10.2 Å². The Labute approximate surface area is 122 Å². The number of aldehydes is 1. The molecule has 0 aliphatic carbocycles. The highest BCUT2D eigenvalue weighted by molar-refractivity contribution is 5.88. The van der Waals surface area contributed by atoms with Crippen LogP contribution in [0.15, 0.2) is 30.3 Å². The molecule has 1 amide bonds. The number of benzene rings is 1. The van der Waals surface area contributed by atoms with Gasteiger partial charge >= 0.3 is 6.09 Å². The third kappa shape index (κ3) is 3.10. The van der Waals surface area contributed by atoms with Crippen molar-refractivity contribution in [1.29, 1.82) is 0 Å². The van der Waals surface area contributed by atoms with Crippen LogP contribution < -0.4 is 4.90 Å². The van der Waals surface area contributed by atoms with Gasteiger partial charge in [-0.05, 0) is 39.0 Å². The first-order valence-electron chi connectivity index (χ1n) is 6.47. The lowest BCUT2D eigenvalue weighted by atomic mass is 10.0. The van der Waals surface area contributed by atoms with Crippen molar-refractivity contribution >= 4 is 18.1 Å². The van der Waals surface area contributed by atoms with Gasteiger partial charge in [-0.2, -0.15) is 5.10 Å². The van der Waals surface area contributed by atoms with Crippen molar-refractivity contribution in [2.75, 3.05) is 4.90 Å². The first-order valence-corrected chi connectivity index (χ1v) is 6.47. The standard InChI is InChI=1S/C15H17N3O3/c1-15(2,3)18(14(20)21)12-6-4-10(5-7-12)13-8-11(9-19)16-17-13/h4-9H,1-3H3,(H,16,17)(H,20,21). The molecular formula is C15H17N3O3. The molecule has 21 heavy (non-hydrogen) atoms. The van der Waals surface area contributed by atoms with E-state index in [0.29, 0.717) is 23.4 Å². The van der Waals surface area contributed by atoms with E-state index in [1.54, 1.807) is 30.3 Å². The van der Waals surface area contributed by atoms with Gasteiger partial charge in [-0.15, -0.1) is 0 Å². The smallest absolute Gasteiger partial charge is 0.412 e. The number of aromatic nitrogens is 2. The van der Waals surface area contributed by atoms with E-state index in [0.717, 1.165) is 5.56 Å². The van der Waals surface area contributed by atoms with Gasteiger partial charge in [-0.3, -0.25) is 14.8 Å². The molecule has 2 N–H and O–H groups in total. The second-order valence-corrected chi connectivity index (χ2v) is 5.66. The quantitative estimate of drug-likeness (QED) is 0.849. The lowest BCUT2D eigenvalue weighted by molar-refractivity contribution is 0.111. The van der Waals surface area contributed by atoms with Gasteiger partial charge in [-0.25, -0.2) is 4.79 Å². The normalized spacial score (nSPS) is 11.2. The maximum Gasteiger partial charge on any atom is 0.412 e. The minimum Gasteiger partial charge on any atom is -0.465 e. The minimum absolute atomic E-state index is 0.399. The Morgan fingerprint density at radius 3 is 2.33 bits per heavy atom. The molecule has 0 aliphatic heterocycles. The monoisotopic (exact) mass is 287 g/mol. The van der Waals surface area contributed by atoms with E-state index in [-0.39, 0.29) is 0 Å². The maximum absolute atomic E-state index is 11.4. The van der Waals surface area contributed by atoms with Crippen LogP contribution in [0.25, 0.3) is 11.3 Å². The highest BCUT2D eigenvalue weighted by Crippen LogP contribution is 2.27. The summed E-state index contributed by atoms with van der Waals surface area (Å²) in [4.78, 5) is 23.4. The number of nitrogens with zero attached hydrogens (tertiary/aromatic N) is 2. The summed E-state index contributed by atoms with van der Waals surface area (Å²) in [5, 5.41) is 16.0. The summed E-state index contributed by atoms with van der Waals surface area (Å²) < 4.78 is 0. The zero-order chi connectivity index (χ0) is 15.6. The number of carbonyl (C=O) groups is 2. The molecule has 110 valence electrons. The minimum atomic E-state index is -1.00. The molecular weight excluding hydrogens is 270 g/mol. The van der Waals surface area contributed by atoms with Crippen LogP contribution in [0.1, 0.15) is 31.3 Å². The molecule has 0 saturated heterocycles. The Morgan fingerprint density at radius 1 is 1.29 bits per heavy atom. The van der Waals surface area contributed by atoms with Crippen molar-refractivity contribution in [3.8, 4) is 11.3 Å². The third-order valence-electron chi connectivity index (χ3n) is 3.01. The molecule has 1 aromatic heterocycles. The molecule has 0 atom stereocenters. The molecule has 0 spiro atoms. The zero-order valence-electron chi connectivity index (χ0n) is 12.1. The second-order valence-electron chi connectivity index (χ2n) is 5.66. The summed E-state index contributed by atoms with van der Waals surface area (Å²) in [6.45, 7) is 5.50. The van der Waals surface area contributed by atoms with Crippen LogP contribution >= 0.6 is 0 Å². The van der Waals surface area contributed by atoms with Crippen LogP contribution in [0, 0.1) is 0 Å². The summed E-state index contributed by atoms with van der Waals surface area (Å²) >= 11 is 0. The number of hydrogen-bond acceptors (Lipinski definition) is 3. The van der Waals surface area contributed by atoms with Gasteiger partial charge in [0.1, 0.15) is 0 Å². The summed E-state index contributed by atoms with van der Waals surface area (Å²) in [7, 11) is 0. The van der Waals surface area contributed by atoms with Crippen LogP contribution in [0.2, 0.25) is 0 Å². The van der Waals surface area contributed by atoms with E-state index in [1.807, 2.05) is 20.8 Å². The van der Waals surface area contributed by atoms with Crippen molar-refractivity contribution in [3.63, 3.8) is 0 Å². The average Bonchev–Trinajstić information content (AvgIpc) is 2.86. The highest BCUT2D eigenvalue weighted by Gasteiger charge is 2.27. The van der Waals surface area contributed by atoms with Gasteiger partial charge in [0, 0.05) is 16.8 Å². The topological polar surface area (TPSA) is 86.3 Å². The summed E-state index contributed by atoms with van der Waals surface area (Å²) in [6.07, 6.45) is -0.311. The first-order chi connectivity index (χ1) is 9.82. The van der Waals surface area contributed by atoms with Crippen molar-refractivity contribution in [3.05, 3.63) is 36.0 Å². The Morgan fingerprint density at radius 2 is 1.90 bits per heavy atom. The Hall–Kier alpha value is -2.63. The van der Waals surface area contributed by atoms with Crippen LogP contribution in [0.5, 0.6) is 0 Å². The largest absolute Gasteiger partial charge is 0.465 e. The van der Waals surface area contributed by atoms with E-state index < -0.39 is 11.6 Å². The number of anilines is 1. The number of carbonyl (C=O) groups excluding carboxylic acids is 1. The van der Waals surface area contributed by atoms with Gasteiger partial charge in [0.05, 0.1) is 11.4 Å². The fraction of sp³-hybridized carbons (Fsp3) is 0.267. The Kier molecular flexibility index (Phi) is 3.80. The number of carboxylic acid groups (broad SMARTS) is 1. The lowest BCUT2D eigenvalue weighted by Crippen LogP contribution is -2.45. The first kappa shape index (κ1) is 14.8. The fourth-order valence-electron chi connectivity index (χ4n) is 2.11. The molecule has 0 bridgehead atoms.